The fourth-order valence-electron chi connectivity index (χ4n) is 4.50. The van der Waals surface area contributed by atoms with E-state index in [-0.39, 0.29) is 16.9 Å². The summed E-state index contributed by atoms with van der Waals surface area (Å²) in [5, 5.41) is 10.1. The summed E-state index contributed by atoms with van der Waals surface area (Å²) in [6, 6.07) is 2.16. The monoisotopic (exact) mass is 501 g/mol. The van der Waals surface area contributed by atoms with Crippen LogP contribution >= 0.6 is 0 Å². The summed E-state index contributed by atoms with van der Waals surface area (Å²) in [6.07, 6.45) is 11.9. The third-order valence-electron chi connectivity index (χ3n) is 6.45. The molecule has 1 saturated carbocycles. The minimum Gasteiger partial charge on any atom is -0.404 e. The molecule has 0 aromatic carbocycles. The van der Waals surface area contributed by atoms with Gasteiger partial charge in [0.2, 0.25) is 5.91 Å². The van der Waals surface area contributed by atoms with Crippen LogP contribution in [-0.4, -0.2) is 61.1 Å². The van der Waals surface area contributed by atoms with E-state index < -0.39 is 5.91 Å². The highest BCUT2D eigenvalue weighted by Gasteiger charge is 2.34. The molecule has 3 aromatic rings. The molecule has 11 nitrogen and oxygen atoms in total. The van der Waals surface area contributed by atoms with E-state index in [1.54, 1.807) is 31.6 Å². The molecule has 0 unspecified atom stereocenters. The van der Waals surface area contributed by atoms with E-state index in [0.717, 1.165) is 31.5 Å². The van der Waals surface area contributed by atoms with Gasteiger partial charge in [-0.2, -0.15) is 5.10 Å². The zero-order valence-electron chi connectivity index (χ0n) is 21.2. The number of pyridine rings is 1. The average Bonchev–Trinajstić information content (AvgIpc) is 3.57. The molecule has 11 heteroatoms. The number of hydrogen-bond donors (Lipinski definition) is 3. The van der Waals surface area contributed by atoms with Gasteiger partial charge in [-0.05, 0) is 31.2 Å². The van der Waals surface area contributed by atoms with Gasteiger partial charge in [0.25, 0.3) is 5.91 Å². The van der Waals surface area contributed by atoms with Gasteiger partial charge in [0.1, 0.15) is 0 Å². The van der Waals surface area contributed by atoms with E-state index in [1.807, 2.05) is 10.9 Å². The molecule has 3 aromatic heterocycles. The molecular formula is C26H31N9O2. The number of hydrogen-bond acceptors (Lipinski definition) is 8. The van der Waals surface area contributed by atoms with Gasteiger partial charge in [0, 0.05) is 31.0 Å². The van der Waals surface area contributed by atoms with E-state index in [1.165, 1.54) is 12.4 Å². The van der Waals surface area contributed by atoms with Crippen LogP contribution in [0.4, 0.5) is 11.4 Å². The Hall–Kier alpha value is -4.12. The van der Waals surface area contributed by atoms with Crippen molar-refractivity contribution >= 4 is 28.8 Å². The first-order chi connectivity index (χ1) is 17.7. The standard InChI is InChI=1S/C26H31N9O2/c1-16-21(6-18(9-28-16)32-24(36)13-34-14-26(2,3)15-34)33-25(37)20(7-27)23-11-29-22(10-30-23)17-8-31-35(12-17)19-4-5-19/h6-12,19H,4-5,13-15,27H2,1-3H3,(H,32,36)(H,33,37)/b20-7+. The Labute approximate surface area is 215 Å². The van der Waals surface area contributed by atoms with Gasteiger partial charge in [-0.1, -0.05) is 13.8 Å². The smallest absolute Gasteiger partial charge is 0.259 e. The van der Waals surface area contributed by atoms with Crippen molar-refractivity contribution in [3.05, 3.63) is 54.6 Å². The lowest BCUT2D eigenvalue weighted by molar-refractivity contribution is -0.120. The van der Waals surface area contributed by atoms with Crippen LogP contribution in [0.25, 0.3) is 16.8 Å². The second-order valence-corrected chi connectivity index (χ2v) is 10.5. The SMILES string of the molecule is Cc1ncc(NC(=O)CN2CC(C)(C)C2)cc1NC(=O)/C(=C/N)c1cnc(-c2cnn(C3CC3)c2)cn1. The summed E-state index contributed by atoms with van der Waals surface area (Å²) in [6.45, 7) is 8.20. The molecule has 192 valence electrons. The molecule has 0 spiro atoms. The maximum absolute atomic E-state index is 13.1. The fourth-order valence-corrected chi connectivity index (χ4v) is 4.50. The molecule has 2 aliphatic rings. The lowest BCUT2D eigenvalue weighted by Gasteiger charge is -2.45. The molecule has 0 atom stereocenters. The van der Waals surface area contributed by atoms with Crippen LogP contribution in [0.15, 0.2) is 43.3 Å². The number of aryl methyl sites for hydroxylation is 1. The van der Waals surface area contributed by atoms with Crippen LogP contribution in [-0.2, 0) is 9.59 Å². The van der Waals surface area contributed by atoms with Gasteiger partial charge in [-0.3, -0.25) is 34.1 Å². The minimum absolute atomic E-state index is 0.126. The number of anilines is 2. The third-order valence-corrected chi connectivity index (χ3v) is 6.45. The molecule has 5 rings (SSSR count). The number of nitrogens with zero attached hydrogens (tertiary/aromatic N) is 6. The Morgan fingerprint density at radius 3 is 2.54 bits per heavy atom. The molecule has 2 amide bonds. The van der Waals surface area contributed by atoms with Crippen LogP contribution < -0.4 is 16.4 Å². The highest BCUT2D eigenvalue weighted by atomic mass is 16.2. The first kappa shape index (κ1) is 24.6. The Morgan fingerprint density at radius 2 is 1.89 bits per heavy atom. The molecule has 37 heavy (non-hydrogen) atoms. The normalized spacial score (nSPS) is 17.2. The first-order valence-electron chi connectivity index (χ1n) is 12.3. The summed E-state index contributed by atoms with van der Waals surface area (Å²) in [7, 11) is 0. The largest absolute Gasteiger partial charge is 0.404 e. The predicted molar refractivity (Wildman–Crippen MR) is 140 cm³/mol. The quantitative estimate of drug-likeness (QED) is 0.400. The molecular weight excluding hydrogens is 470 g/mol. The lowest BCUT2D eigenvalue weighted by atomic mass is 9.84. The molecule has 4 heterocycles. The number of amides is 2. The van der Waals surface area contributed by atoms with Crippen LogP contribution in [0, 0.1) is 12.3 Å². The van der Waals surface area contributed by atoms with Crippen molar-refractivity contribution in [2.75, 3.05) is 30.3 Å². The van der Waals surface area contributed by atoms with Crippen molar-refractivity contribution in [1.82, 2.24) is 29.6 Å². The van der Waals surface area contributed by atoms with Crippen LogP contribution in [0.3, 0.4) is 0 Å². The van der Waals surface area contributed by atoms with E-state index in [2.05, 4.69) is 49.4 Å². The van der Waals surface area contributed by atoms with Crippen molar-refractivity contribution in [2.24, 2.45) is 11.1 Å². The van der Waals surface area contributed by atoms with Gasteiger partial charge in [-0.15, -0.1) is 0 Å². The highest BCUT2D eigenvalue weighted by molar-refractivity contribution is 6.24. The summed E-state index contributed by atoms with van der Waals surface area (Å²) >= 11 is 0. The average molecular weight is 502 g/mol. The molecule has 1 aliphatic carbocycles. The van der Waals surface area contributed by atoms with Crippen molar-refractivity contribution in [3.63, 3.8) is 0 Å². The minimum atomic E-state index is -0.456. The molecule has 0 bridgehead atoms. The molecule has 0 radical (unpaired) electrons. The van der Waals surface area contributed by atoms with Gasteiger partial charge in [0.15, 0.2) is 0 Å². The Morgan fingerprint density at radius 1 is 1.11 bits per heavy atom. The molecule has 4 N–H and O–H groups in total. The molecule has 1 aliphatic heterocycles. The summed E-state index contributed by atoms with van der Waals surface area (Å²) in [5.74, 6) is -0.582. The van der Waals surface area contributed by atoms with Crippen LogP contribution in [0.2, 0.25) is 0 Å². The lowest BCUT2D eigenvalue weighted by Crippen LogP contribution is -2.54. The summed E-state index contributed by atoms with van der Waals surface area (Å²) < 4.78 is 1.95. The van der Waals surface area contributed by atoms with Crippen LogP contribution in [0.1, 0.15) is 44.1 Å². The Balaban J connectivity index is 1.23. The third kappa shape index (κ3) is 5.67. The number of likely N-dealkylation sites (tertiary alicyclic amines) is 1. The van der Waals surface area contributed by atoms with Gasteiger partial charge in [-0.25, -0.2) is 0 Å². The Bertz CT molecular complexity index is 1350. The molecule has 1 saturated heterocycles. The number of nitrogens with one attached hydrogen (secondary N) is 2. The number of nitrogens with two attached hydrogens (primary N) is 1. The van der Waals surface area contributed by atoms with Gasteiger partial charge in [0.05, 0.1) is 71.4 Å². The first-order valence-corrected chi connectivity index (χ1v) is 12.3. The van der Waals surface area contributed by atoms with E-state index >= 15 is 0 Å². The zero-order valence-corrected chi connectivity index (χ0v) is 21.2. The van der Waals surface area contributed by atoms with Crippen molar-refractivity contribution in [2.45, 2.75) is 39.7 Å². The molecule has 2 fully saturated rings. The summed E-state index contributed by atoms with van der Waals surface area (Å²) in [5.41, 5.74) is 9.64. The van der Waals surface area contributed by atoms with Gasteiger partial charge >= 0.3 is 0 Å². The number of carbonyl (C=O) groups is 2. The number of carbonyl (C=O) groups excluding carboxylic acids is 2. The number of rotatable bonds is 8. The fraction of sp³-hybridized carbons (Fsp3) is 0.385. The van der Waals surface area contributed by atoms with E-state index in [4.69, 9.17) is 5.73 Å². The van der Waals surface area contributed by atoms with Gasteiger partial charge < -0.3 is 16.4 Å². The van der Waals surface area contributed by atoms with Crippen LogP contribution in [0.5, 0.6) is 0 Å². The summed E-state index contributed by atoms with van der Waals surface area (Å²) in [4.78, 5) is 40.8. The van der Waals surface area contributed by atoms with Crippen molar-refractivity contribution in [3.8, 4) is 11.3 Å². The van der Waals surface area contributed by atoms with E-state index in [9.17, 15) is 9.59 Å². The topological polar surface area (TPSA) is 144 Å². The maximum atomic E-state index is 13.1. The highest BCUT2D eigenvalue weighted by Crippen LogP contribution is 2.35. The van der Waals surface area contributed by atoms with Crippen molar-refractivity contribution in [1.29, 1.82) is 0 Å². The van der Waals surface area contributed by atoms with Crippen molar-refractivity contribution < 1.29 is 9.59 Å². The maximum Gasteiger partial charge on any atom is 0.259 e. The zero-order chi connectivity index (χ0) is 26.2. The number of aromatic nitrogens is 5. The second kappa shape index (κ2) is 9.74. The predicted octanol–water partition coefficient (Wildman–Crippen LogP) is 2.60. The second-order valence-electron chi connectivity index (χ2n) is 10.5. The Kier molecular flexibility index (Phi) is 6.46. The van der Waals surface area contributed by atoms with E-state index in [0.29, 0.717) is 41.0 Å².